The summed E-state index contributed by atoms with van der Waals surface area (Å²) in [6, 6.07) is 4.00. The molecule has 1 N–H and O–H groups in total. The highest BCUT2D eigenvalue weighted by atomic mass is 19.4. The average molecular weight is 654 g/mol. The molecule has 45 heavy (non-hydrogen) atoms. The van der Waals surface area contributed by atoms with Crippen molar-refractivity contribution in [2.45, 2.75) is 63.6 Å². The average Bonchev–Trinajstić information content (AvgIpc) is 3.19. The molecule has 0 unspecified atom stereocenters. The second kappa shape index (κ2) is 11.4. The van der Waals surface area contributed by atoms with Crippen molar-refractivity contribution in [2.75, 3.05) is 7.11 Å². The van der Waals surface area contributed by atoms with Gasteiger partial charge in [0, 0.05) is 17.2 Å². The molecule has 1 saturated heterocycles. The van der Waals surface area contributed by atoms with Crippen LogP contribution in [0.15, 0.2) is 48.5 Å². The molecule has 0 radical (unpaired) electrons. The first-order valence-electron chi connectivity index (χ1n) is 13.1. The monoisotopic (exact) mass is 653 g/mol. The van der Waals surface area contributed by atoms with Gasteiger partial charge in [0.15, 0.2) is 0 Å². The highest BCUT2D eigenvalue weighted by molar-refractivity contribution is 5.76. The van der Waals surface area contributed by atoms with Crippen molar-refractivity contribution >= 4 is 6.09 Å². The predicted octanol–water partition coefficient (Wildman–Crippen LogP) is 8.87. The summed E-state index contributed by atoms with van der Waals surface area (Å²) in [5.41, 5.74) is -7.17. The molecule has 1 fully saturated rings. The van der Waals surface area contributed by atoms with E-state index >= 15 is 0 Å². The molecule has 4 rings (SSSR count). The first-order chi connectivity index (χ1) is 20.5. The lowest BCUT2D eigenvalue weighted by atomic mass is 9.90. The lowest BCUT2D eigenvalue weighted by Crippen LogP contribution is -2.32. The quantitative estimate of drug-likeness (QED) is 0.270. The molecule has 1 amide bonds. The van der Waals surface area contributed by atoms with Crippen LogP contribution in [-0.4, -0.2) is 29.3 Å². The molecule has 0 aliphatic carbocycles. The zero-order valence-electron chi connectivity index (χ0n) is 23.9. The van der Waals surface area contributed by atoms with Crippen LogP contribution in [-0.2, 0) is 35.4 Å². The number of ether oxygens (including phenoxy) is 2. The summed E-state index contributed by atoms with van der Waals surface area (Å²) in [5, 5.41) is 10.5. The van der Waals surface area contributed by atoms with Gasteiger partial charge in [-0.05, 0) is 73.9 Å². The van der Waals surface area contributed by atoms with Crippen LogP contribution in [0.1, 0.15) is 60.3 Å². The molecule has 3 aromatic rings. The number of carbonyl (C=O) groups is 1. The van der Waals surface area contributed by atoms with Crippen molar-refractivity contribution in [3.63, 3.8) is 0 Å². The Morgan fingerprint density at radius 1 is 0.822 bits per heavy atom. The van der Waals surface area contributed by atoms with E-state index in [2.05, 4.69) is 0 Å². The number of aliphatic hydroxyl groups is 1. The van der Waals surface area contributed by atoms with Crippen molar-refractivity contribution in [3.8, 4) is 16.9 Å². The maximum atomic E-state index is 14.8. The van der Waals surface area contributed by atoms with Gasteiger partial charge in [-0.2, -0.15) is 39.5 Å². The van der Waals surface area contributed by atoms with Crippen molar-refractivity contribution in [1.29, 1.82) is 0 Å². The molecular weight excluding hydrogens is 628 g/mol. The van der Waals surface area contributed by atoms with Crippen LogP contribution in [0.25, 0.3) is 11.1 Å². The maximum absolute atomic E-state index is 14.8. The molecule has 2 atom stereocenters. The van der Waals surface area contributed by atoms with Gasteiger partial charge in [-0.3, -0.25) is 4.90 Å². The van der Waals surface area contributed by atoms with Crippen LogP contribution in [0.5, 0.6) is 5.75 Å². The van der Waals surface area contributed by atoms with Gasteiger partial charge in [-0.15, -0.1) is 0 Å². The van der Waals surface area contributed by atoms with E-state index in [1.807, 2.05) is 0 Å². The normalized spacial score (nSPS) is 17.9. The summed E-state index contributed by atoms with van der Waals surface area (Å²) in [7, 11) is 1.17. The molecule has 1 aliphatic rings. The molecule has 0 saturated carbocycles. The van der Waals surface area contributed by atoms with E-state index in [-0.39, 0.29) is 34.1 Å². The van der Waals surface area contributed by atoms with E-state index in [1.54, 1.807) is 0 Å². The van der Waals surface area contributed by atoms with Gasteiger partial charge in [0.1, 0.15) is 17.7 Å². The van der Waals surface area contributed by atoms with Crippen LogP contribution in [0.3, 0.4) is 0 Å². The number of nitrogens with zero attached hydrogens (tertiary/aromatic N) is 1. The van der Waals surface area contributed by atoms with Gasteiger partial charge < -0.3 is 14.6 Å². The number of rotatable bonds is 6. The van der Waals surface area contributed by atoms with E-state index in [0.29, 0.717) is 18.2 Å². The first-order valence-corrected chi connectivity index (χ1v) is 13.1. The Kier molecular flexibility index (Phi) is 8.59. The third kappa shape index (κ3) is 6.97. The van der Waals surface area contributed by atoms with Crippen LogP contribution in [0, 0.1) is 5.82 Å². The van der Waals surface area contributed by atoms with E-state index in [4.69, 9.17) is 9.47 Å². The Labute approximate surface area is 250 Å². The second-order valence-corrected chi connectivity index (χ2v) is 11.0. The van der Waals surface area contributed by atoms with E-state index < -0.39 is 77.0 Å². The lowest BCUT2D eigenvalue weighted by Gasteiger charge is -2.25. The predicted molar refractivity (Wildman–Crippen MR) is 139 cm³/mol. The highest BCUT2D eigenvalue weighted by Gasteiger charge is 2.44. The summed E-state index contributed by atoms with van der Waals surface area (Å²) in [4.78, 5) is 13.8. The summed E-state index contributed by atoms with van der Waals surface area (Å²) < 4.78 is 147. The number of alkyl halides is 9. The number of benzene rings is 3. The molecule has 0 aromatic heterocycles. The Morgan fingerprint density at radius 3 is 1.87 bits per heavy atom. The van der Waals surface area contributed by atoms with Crippen LogP contribution >= 0.6 is 0 Å². The molecule has 3 aromatic carbocycles. The fourth-order valence-corrected chi connectivity index (χ4v) is 5.05. The molecule has 0 bridgehead atoms. The van der Waals surface area contributed by atoms with Gasteiger partial charge in [0.2, 0.25) is 0 Å². The molecule has 244 valence electrons. The van der Waals surface area contributed by atoms with E-state index in [1.165, 1.54) is 27.9 Å². The molecule has 1 aliphatic heterocycles. The number of methoxy groups -OCH3 is 1. The number of hydrogen-bond donors (Lipinski definition) is 1. The molecule has 0 spiro atoms. The Bertz CT molecular complexity index is 1570. The first kappa shape index (κ1) is 33.9. The fourth-order valence-electron chi connectivity index (χ4n) is 5.05. The zero-order valence-corrected chi connectivity index (χ0v) is 23.9. The third-order valence-corrected chi connectivity index (χ3v) is 7.34. The SMILES string of the molecule is COc1cc(F)c(C(C)(C)O)cc1-c1ccc(C(F)(F)F)cc1CN1C(=O)O[C@H](c2cc(C(F)(F)F)cc(C(F)(F)F)c2)[C@@H]1C. The minimum atomic E-state index is -5.18. The topological polar surface area (TPSA) is 59.0 Å². The zero-order chi connectivity index (χ0) is 33.9. The lowest BCUT2D eigenvalue weighted by molar-refractivity contribution is -0.143. The largest absolute Gasteiger partial charge is 0.496 e. The van der Waals surface area contributed by atoms with Crippen molar-refractivity contribution in [3.05, 3.63) is 87.7 Å². The highest BCUT2D eigenvalue weighted by Crippen LogP contribution is 2.44. The summed E-state index contributed by atoms with van der Waals surface area (Å²) >= 11 is 0. The Balaban J connectivity index is 1.83. The number of carbonyl (C=O) groups excluding carboxylic acids is 1. The fraction of sp³-hybridized carbons (Fsp3) is 0.367. The van der Waals surface area contributed by atoms with Crippen molar-refractivity contribution in [1.82, 2.24) is 4.90 Å². The minimum Gasteiger partial charge on any atom is -0.496 e. The third-order valence-electron chi connectivity index (χ3n) is 7.34. The van der Waals surface area contributed by atoms with Crippen LogP contribution < -0.4 is 4.74 Å². The van der Waals surface area contributed by atoms with E-state index in [0.717, 1.165) is 29.2 Å². The number of hydrogen-bond acceptors (Lipinski definition) is 4. The van der Waals surface area contributed by atoms with Crippen LogP contribution in [0.4, 0.5) is 48.7 Å². The molecule has 1 heterocycles. The van der Waals surface area contributed by atoms with E-state index in [9.17, 15) is 53.8 Å². The minimum absolute atomic E-state index is 0.00669. The number of cyclic esters (lactones) is 1. The van der Waals surface area contributed by atoms with Gasteiger partial charge in [0.25, 0.3) is 0 Å². The maximum Gasteiger partial charge on any atom is 0.416 e. The van der Waals surface area contributed by atoms with Gasteiger partial charge >= 0.3 is 24.6 Å². The van der Waals surface area contributed by atoms with Gasteiger partial charge in [0.05, 0.1) is 42.0 Å². The number of halogens is 10. The Morgan fingerprint density at radius 2 is 1.38 bits per heavy atom. The smallest absolute Gasteiger partial charge is 0.416 e. The summed E-state index contributed by atoms with van der Waals surface area (Å²) in [6.07, 6.45) is -18.1. The number of amides is 1. The summed E-state index contributed by atoms with van der Waals surface area (Å²) in [6.45, 7) is 3.14. The Hall–Kier alpha value is -4.01. The van der Waals surface area contributed by atoms with Crippen molar-refractivity contribution < 1.29 is 63.3 Å². The van der Waals surface area contributed by atoms with Gasteiger partial charge in [-0.1, -0.05) is 6.07 Å². The standard InChI is InChI=1S/C30H25F10NO4/c1-14-25(15-7-18(29(35,36)37)10-19(8-15)30(38,39)40)45-26(42)41(14)13-16-9-17(28(32,33)34)5-6-20(16)21-11-22(27(2,3)43)23(31)12-24(21)44-4/h5-12,14,25,43H,13H2,1-4H3/t14-,25-/m0/s1. The molecule has 15 heteroatoms. The molecular formula is C30H25F10NO4. The van der Waals surface area contributed by atoms with Gasteiger partial charge in [-0.25, -0.2) is 9.18 Å². The van der Waals surface area contributed by atoms with Crippen LogP contribution in [0.2, 0.25) is 0 Å². The summed E-state index contributed by atoms with van der Waals surface area (Å²) in [5.74, 6) is -1.02. The molecule has 5 nitrogen and oxygen atoms in total. The van der Waals surface area contributed by atoms with Crippen molar-refractivity contribution in [2.24, 2.45) is 0 Å². The second-order valence-electron chi connectivity index (χ2n) is 11.0.